The van der Waals surface area contributed by atoms with Crippen molar-refractivity contribution in [3.63, 3.8) is 0 Å². The Bertz CT molecular complexity index is 435. The summed E-state index contributed by atoms with van der Waals surface area (Å²) in [4.78, 5) is 1.49. The zero-order valence-electron chi connectivity index (χ0n) is 11.1. The van der Waals surface area contributed by atoms with Gasteiger partial charge in [0.1, 0.15) is 0 Å². The highest BCUT2D eigenvalue weighted by molar-refractivity contribution is 7.09. The smallest absolute Gasteiger partial charge is 0.0343 e. The normalized spacial score (nSPS) is 14.3. The SMILES string of the molecule is CNC(c1ccccc1)C(C)CCc1cccs1. The minimum Gasteiger partial charge on any atom is -0.313 e. The number of nitrogens with one attached hydrogen (secondary N) is 1. The van der Waals surface area contributed by atoms with Crippen LogP contribution in [0.1, 0.15) is 29.8 Å². The van der Waals surface area contributed by atoms with Gasteiger partial charge in [0.05, 0.1) is 0 Å². The summed E-state index contributed by atoms with van der Waals surface area (Å²) in [5.74, 6) is 0.638. The summed E-state index contributed by atoms with van der Waals surface area (Å²) in [6.07, 6.45) is 2.41. The Morgan fingerprint density at radius 1 is 1.11 bits per heavy atom. The van der Waals surface area contributed by atoms with E-state index in [1.807, 2.05) is 11.3 Å². The highest BCUT2D eigenvalue weighted by atomic mass is 32.1. The quantitative estimate of drug-likeness (QED) is 0.816. The zero-order valence-corrected chi connectivity index (χ0v) is 11.9. The fraction of sp³-hybridized carbons (Fsp3) is 0.375. The molecule has 1 N–H and O–H groups in total. The van der Waals surface area contributed by atoms with E-state index in [4.69, 9.17) is 0 Å². The summed E-state index contributed by atoms with van der Waals surface area (Å²) in [7, 11) is 2.05. The van der Waals surface area contributed by atoms with E-state index in [-0.39, 0.29) is 0 Å². The highest BCUT2D eigenvalue weighted by Crippen LogP contribution is 2.26. The van der Waals surface area contributed by atoms with Gasteiger partial charge in [-0.2, -0.15) is 0 Å². The Balaban J connectivity index is 1.95. The maximum Gasteiger partial charge on any atom is 0.0343 e. The number of hydrogen-bond acceptors (Lipinski definition) is 2. The van der Waals surface area contributed by atoms with Crippen molar-refractivity contribution in [3.05, 3.63) is 58.3 Å². The summed E-state index contributed by atoms with van der Waals surface area (Å²) in [6.45, 7) is 2.34. The molecular formula is C16H21NS. The van der Waals surface area contributed by atoms with Crippen LogP contribution in [0.4, 0.5) is 0 Å². The molecule has 18 heavy (non-hydrogen) atoms. The van der Waals surface area contributed by atoms with E-state index in [2.05, 4.69) is 67.1 Å². The van der Waals surface area contributed by atoms with Crippen LogP contribution in [0.15, 0.2) is 47.8 Å². The van der Waals surface area contributed by atoms with Gasteiger partial charge >= 0.3 is 0 Å². The van der Waals surface area contributed by atoms with Crippen molar-refractivity contribution in [2.45, 2.75) is 25.8 Å². The number of thiophene rings is 1. The Morgan fingerprint density at radius 3 is 2.50 bits per heavy atom. The summed E-state index contributed by atoms with van der Waals surface area (Å²) < 4.78 is 0. The van der Waals surface area contributed by atoms with Crippen LogP contribution in [-0.2, 0) is 6.42 Å². The van der Waals surface area contributed by atoms with Gasteiger partial charge in [-0.25, -0.2) is 0 Å². The topological polar surface area (TPSA) is 12.0 Å². The molecule has 0 aliphatic rings. The molecule has 1 aromatic heterocycles. The molecule has 96 valence electrons. The first-order chi connectivity index (χ1) is 8.81. The van der Waals surface area contributed by atoms with Crippen molar-refractivity contribution in [1.82, 2.24) is 5.32 Å². The van der Waals surface area contributed by atoms with Crippen molar-refractivity contribution in [2.75, 3.05) is 7.05 Å². The second-order valence-electron chi connectivity index (χ2n) is 4.77. The maximum atomic E-state index is 3.45. The highest BCUT2D eigenvalue weighted by Gasteiger charge is 2.17. The fourth-order valence-electron chi connectivity index (χ4n) is 2.43. The molecule has 0 bridgehead atoms. The molecule has 2 atom stereocenters. The molecule has 0 saturated heterocycles. The van der Waals surface area contributed by atoms with Gasteiger partial charge in [0.25, 0.3) is 0 Å². The molecule has 2 aromatic rings. The van der Waals surface area contributed by atoms with Crippen LogP contribution >= 0.6 is 11.3 Å². The van der Waals surface area contributed by atoms with Crippen LogP contribution in [0.2, 0.25) is 0 Å². The lowest BCUT2D eigenvalue weighted by Crippen LogP contribution is -2.23. The van der Waals surface area contributed by atoms with Crippen molar-refractivity contribution >= 4 is 11.3 Å². The van der Waals surface area contributed by atoms with Crippen LogP contribution in [0, 0.1) is 5.92 Å². The molecule has 2 heteroatoms. The Hall–Kier alpha value is -1.12. The van der Waals surface area contributed by atoms with E-state index in [9.17, 15) is 0 Å². The molecule has 0 amide bonds. The fourth-order valence-corrected chi connectivity index (χ4v) is 3.16. The van der Waals surface area contributed by atoms with E-state index in [0.717, 1.165) is 0 Å². The van der Waals surface area contributed by atoms with Gasteiger partial charge in [-0.15, -0.1) is 11.3 Å². The summed E-state index contributed by atoms with van der Waals surface area (Å²) in [5, 5.41) is 5.61. The molecule has 2 rings (SSSR count). The Labute approximate surface area is 114 Å². The number of aryl methyl sites for hydroxylation is 1. The van der Waals surface area contributed by atoms with Gasteiger partial charge in [-0.05, 0) is 42.8 Å². The van der Waals surface area contributed by atoms with Crippen LogP contribution in [-0.4, -0.2) is 7.05 Å². The van der Waals surface area contributed by atoms with E-state index < -0.39 is 0 Å². The van der Waals surface area contributed by atoms with E-state index in [0.29, 0.717) is 12.0 Å². The summed E-state index contributed by atoms with van der Waals surface area (Å²) in [5.41, 5.74) is 1.39. The van der Waals surface area contributed by atoms with Crippen LogP contribution in [0.3, 0.4) is 0 Å². The van der Waals surface area contributed by atoms with E-state index >= 15 is 0 Å². The van der Waals surface area contributed by atoms with Crippen LogP contribution in [0.5, 0.6) is 0 Å². The lowest BCUT2D eigenvalue weighted by molar-refractivity contribution is 0.388. The molecule has 0 aliphatic carbocycles. The van der Waals surface area contributed by atoms with Gasteiger partial charge in [0.2, 0.25) is 0 Å². The van der Waals surface area contributed by atoms with Crippen LogP contribution in [0.25, 0.3) is 0 Å². The molecule has 1 nitrogen and oxygen atoms in total. The Morgan fingerprint density at radius 2 is 1.89 bits per heavy atom. The van der Waals surface area contributed by atoms with E-state index in [1.54, 1.807) is 0 Å². The third kappa shape index (κ3) is 3.44. The summed E-state index contributed by atoms with van der Waals surface area (Å²) in [6, 6.07) is 15.5. The second-order valence-corrected chi connectivity index (χ2v) is 5.80. The zero-order chi connectivity index (χ0) is 12.8. The first kappa shape index (κ1) is 13.3. The first-order valence-corrected chi connectivity index (χ1v) is 7.44. The first-order valence-electron chi connectivity index (χ1n) is 6.56. The number of benzene rings is 1. The van der Waals surface area contributed by atoms with Crippen molar-refractivity contribution in [1.29, 1.82) is 0 Å². The van der Waals surface area contributed by atoms with Crippen molar-refractivity contribution in [3.8, 4) is 0 Å². The minimum atomic E-state index is 0.450. The second kappa shape index (κ2) is 6.72. The standard InChI is InChI=1S/C16H21NS/c1-13(10-11-15-9-6-12-18-15)16(17-2)14-7-4-3-5-8-14/h3-9,12-13,16-17H,10-11H2,1-2H3. The predicted octanol–water partition coefficient (Wildman–Crippen LogP) is 4.28. The van der Waals surface area contributed by atoms with Gasteiger partial charge in [0, 0.05) is 10.9 Å². The lowest BCUT2D eigenvalue weighted by Gasteiger charge is -2.24. The summed E-state index contributed by atoms with van der Waals surface area (Å²) >= 11 is 1.86. The molecule has 0 radical (unpaired) electrons. The molecule has 0 saturated carbocycles. The average Bonchev–Trinajstić information content (AvgIpc) is 2.92. The van der Waals surface area contributed by atoms with Gasteiger partial charge in [-0.1, -0.05) is 43.3 Å². The largest absolute Gasteiger partial charge is 0.313 e. The molecule has 0 spiro atoms. The molecule has 1 aromatic carbocycles. The lowest BCUT2D eigenvalue weighted by atomic mass is 9.91. The minimum absolute atomic E-state index is 0.450. The molecule has 1 heterocycles. The number of rotatable bonds is 6. The van der Waals surface area contributed by atoms with Crippen molar-refractivity contribution in [2.24, 2.45) is 5.92 Å². The van der Waals surface area contributed by atoms with Gasteiger partial charge in [0.15, 0.2) is 0 Å². The third-order valence-corrected chi connectivity index (χ3v) is 4.40. The van der Waals surface area contributed by atoms with E-state index in [1.165, 1.54) is 23.3 Å². The molecule has 0 fully saturated rings. The molecule has 0 aliphatic heterocycles. The molecule has 2 unspecified atom stereocenters. The maximum absolute atomic E-state index is 3.45. The third-order valence-electron chi connectivity index (χ3n) is 3.46. The van der Waals surface area contributed by atoms with Gasteiger partial charge in [-0.3, -0.25) is 0 Å². The predicted molar refractivity (Wildman–Crippen MR) is 80.0 cm³/mol. The average molecular weight is 259 g/mol. The Kier molecular flexibility index (Phi) is 4.97. The van der Waals surface area contributed by atoms with Crippen LogP contribution < -0.4 is 5.32 Å². The molecular weight excluding hydrogens is 238 g/mol. The monoisotopic (exact) mass is 259 g/mol. The van der Waals surface area contributed by atoms with Crippen molar-refractivity contribution < 1.29 is 0 Å². The van der Waals surface area contributed by atoms with Gasteiger partial charge < -0.3 is 5.32 Å². The number of hydrogen-bond donors (Lipinski definition) is 1.